The van der Waals surface area contributed by atoms with Gasteiger partial charge in [0, 0.05) is 30.8 Å². The lowest BCUT2D eigenvalue weighted by atomic mass is 10.3. The fourth-order valence-corrected chi connectivity index (χ4v) is 2.31. The summed E-state index contributed by atoms with van der Waals surface area (Å²) >= 11 is 3.43. The Kier molecular flexibility index (Phi) is 6.19. The standard InChI is InChI=1S/C14H21BrN2O/c1-4-6-7-9-16(3)14(18)13-10-12(15)11-17(13)8-5-2/h4,10-11H,1,5-9H2,2-3H3. The topological polar surface area (TPSA) is 25.2 Å². The summed E-state index contributed by atoms with van der Waals surface area (Å²) in [5, 5.41) is 0. The Morgan fingerprint density at radius 3 is 2.94 bits per heavy atom. The van der Waals surface area contributed by atoms with Crippen molar-refractivity contribution in [2.24, 2.45) is 0 Å². The number of carbonyl (C=O) groups is 1. The SMILES string of the molecule is C=CCCCN(C)C(=O)c1cc(Br)cn1CCC. The van der Waals surface area contributed by atoms with Crippen molar-refractivity contribution in [3.05, 3.63) is 35.1 Å². The molecule has 0 N–H and O–H groups in total. The van der Waals surface area contributed by atoms with E-state index in [1.807, 2.05) is 30.0 Å². The molecule has 3 nitrogen and oxygen atoms in total. The summed E-state index contributed by atoms with van der Waals surface area (Å²) in [4.78, 5) is 14.1. The molecule has 0 saturated carbocycles. The third kappa shape index (κ3) is 4.02. The van der Waals surface area contributed by atoms with Gasteiger partial charge >= 0.3 is 0 Å². The maximum absolute atomic E-state index is 12.3. The third-order valence-corrected chi connectivity index (χ3v) is 3.23. The van der Waals surface area contributed by atoms with Gasteiger partial charge in [0.25, 0.3) is 5.91 Å². The van der Waals surface area contributed by atoms with Crippen LogP contribution >= 0.6 is 15.9 Å². The third-order valence-electron chi connectivity index (χ3n) is 2.80. The molecule has 0 aromatic carbocycles. The van der Waals surface area contributed by atoms with Gasteiger partial charge < -0.3 is 9.47 Å². The molecule has 0 aliphatic carbocycles. The van der Waals surface area contributed by atoms with Gasteiger partial charge in [0.15, 0.2) is 0 Å². The van der Waals surface area contributed by atoms with E-state index < -0.39 is 0 Å². The minimum Gasteiger partial charge on any atom is -0.342 e. The molecule has 0 bridgehead atoms. The van der Waals surface area contributed by atoms with E-state index in [1.165, 1.54) is 0 Å². The highest BCUT2D eigenvalue weighted by Crippen LogP contribution is 2.17. The molecule has 0 aliphatic heterocycles. The number of carbonyl (C=O) groups excluding carboxylic acids is 1. The molecule has 1 heterocycles. The molecule has 0 fully saturated rings. The molecule has 1 aromatic heterocycles. The average Bonchev–Trinajstić information content (AvgIpc) is 2.70. The monoisotopic (exact) mass is 312 g/mol. The number of hydrogen-bond donors (Lipinski definition) is 0. The second kappa shape index (κ2) is 7.41. The van der Waals surface area contributed by atoms with E-state index >= 15 is 0 Å². The molecule has 0 atom stereocenters. The van der Waals surface area contributed by atoms with E-state index in [4.69, 9.17) is 0 Å². The van der Waals surface area contributed by atoms with Gasteiger partial charge in [-0.15, -0.1) is 6.58 Å². The van der Waals surface area contributed by atoms with Crippen molar-refractivity contribution in [1.29, 1.82) is 0 Å². The summed E-state index contributed by atoms with van der Waals surface area (Å²) in [6.07, 6.45) is 6.77. The van der Waals surface area contributed by atoms with Crippen molar-refractivity contribution in [2.45, 2.75) is 32.7 Å². The van der Waals surface area contributed by atoms with Crippen LogP contribution in [0.25, 0.3) is 0 Å². The molecule has 4 heteroatoms. The summed E-state index contributed by atoms with van der Waals surface area (Å²) in [5.41, 5.74) is 0.754. The molecule has 1 amide bonds. The van der Waals surface area contributed by atoms with Crippen LogP contribution in [0.1, 0.15) is 36.7 Å². The highest BCUT2D eigenvalue weighted by Gasteiger charge is 2.16. The molecule has 0 unspecified atom stereocenters. The van der Waals surface area contributed by atoms with Crippen LogP contribution in [0.3, 0.4) is 0 Å². The Balaban J connectivity index is 2.72. The van der Waals surface area contributed by atoms with Gasteiger partial charge in [0.1, 0.15) is 5.69 Å². The molecule has 1 aromatic rings. The molecule has 0 aliphatic rings. The van der Waals surface area contributed by atoms with Crippen LogP contribution < -0.4 is 0 Å². The fourth-order valence-electron chi connectivity index (χ4n) is 1.85. The van der Waals surface area contributed by atoms with Crippen LogP contribution in [-0.4, -0.2) is 29.0 Å². The minimum atomic E-state index is 0.0817. The fraction of sp³-hybridized carbons (Fsp3) is 0.500. The summed E-state index contributed by atoms with van der Waals surface area (Å²) in [5.74, 6) is 0.0817. The molecule has 100 valence electrons. The number of hydrogen-bond acceptors (Lipinski definition) is 1. The highest BCUT2D eigenvalue weighted by molar-refractivity contribution is 9.10. The van der Waals surface area contributed by atoms with Gasteiger partial charge in [-0.25, -0.2) is 0 Å². The van der Waals surface area contributed by atoms with Gasteiger partial charge in [-0.05, 0) is 41.3 Å². The quantitative estimate of drug-likeness (QED) is 0.556. The number of amides is 1. The number of halogens is 1. The molecular formula is C14H21BrN2O. The van der Waals surface area contributed by atoms with Crippen LogP contribution in [0.4, 0.5) is 0 Å². The average molecular weight is 313 g/mol. The first-order valence-electron chi connectivity index (χ1n) is 6.32. The van der Waals surface area contributed by atoms with Crippen LogP contribution in [-0.2, 0) is 6.54 Å². The van der Waals surface area contributed by atoms with Gasteiger partial charge in [0.2, 0.25) is 0 Å². The zero-order valence-electron chi connectivity index (χ0n) is 11.2. The molecular weight excluding hydrogens is 292 g/mol. The van der Waals surface area contributed by atoms with E-state index in [0.29, 0.717) is 0 Å². The lowest BCUT2D eigenvalue weighted by Crippen LogP contribution is -2.29. The Hall–Kier alpha value is -1.03. The Labute approximate surface area is 118 Å². The summed E-state index contributed by atoms with van der Waals surface area (Å²) in [6.45, 7) is 7.43. The smallest absolute Gasteiger partial charge is 0.270 e. The first-order valence-corrected chi connectivity index (χ1v) is 7.11. The maximum Gasteiger partial charge on any atom is 0.270 e. The Bertz CT molecular complexity index is 412. The van der Waals surface area contributed by atoms with Crippen LogP contribution in [0.5, 0.6) is 0 Å². The number of rotatable bonds is 7. The van der Waals surface area contributed by atoms with Crippen molar-refractivity contribution >= 4 is 21.8 Å². The summed E-state index contributed by atoms with van der Waals surface area (Å²) in [6, 6.07) is 1.89. The Morgan fingerprint density at radius 1 is 1.61 bits per heavy atom. The van der Waals surface area contributed by atoms with Gasteiger partial charge in [-0.3, -0.25) is 4.79 Å². The van der Waals surface area contributed by atoms with Crippen molar-refractivity contribution in [3.63, 3.8) is 0 Å². The van der Waals surface area contributed by atoms with Crippen LogP contribution in [0, 0.1) is 0 Å². The number of allylic oxidation sites excluding steroid dienone is 1. The number of aryl methyl sites for hydroxylation is 1. The number of nitrogens with zero attached hydrogens (tertiary/aromatic N) is 2. The molecule has 0 radical (unpaired) electrons. The number of unbranched alkanes of at least 4 members (excludes halogenated alkanes) is 1. The zero-order valence-corrected chi connectivity index (χ0v) is 12.7. The predicted molar refractivity (Wildman–Crippen MR) is 78.8 cm³/mol. The highest BCUT2D eigenvalue weighted by atomic mass is 79.9. The van der Waals surface area contributed by atoms with Gasteiger partial charge in [-0.2, -0.15) is 0 Å². The van der Waals surface area contributed by atoms with Gasteiger partial charge in [0.05, 0.1) is 0 Å². The predicted octanol–water partition coefficient (Wildman–Crippen LogP) is 3.70. The first-order chi connectivity index (χ1) is 8.60. The molecule has 18 heavy (non-hydrogen) atoms. The van der Waals surface area contributed by atoms with Crippen molar-refractivity contribution < 1.29 is 4.79 Å². The molecule has 0 saturated heterocycles. The van der Waals surface area contributed by atoms with Crippen molar-refractivity contribution in [2.75, 3.05) is 13.6 Å². The second-order valence-corrected chi connectivity index (χ2v) is 5.31. The van der Waals surface area contributed by atoms with Crippen LogP contribution in [0.2, 0.25) is 0 Å². The largest absolute Gasteiger partial charge is 0.342 e. The normalized spacial score (nSPS) is 10.4. The van der Waals surface area contributed by atoms with Gasteiger partial charge in [-0.1, -0.05) is 13.0 Å². The maximum atomic E-state index is 12.3. The lowest BCUT2D eigenvalue weighted by Gasteiger charge is -2.17. The minimum absolute atomic E-state index is 0.0817. The first kappa shape index (κ1) is 15.0. The van der Waals surface area contributed by atoms with E-state index in [-0.39, 0.29) is 5.91 Å². The van der Waals surface area contributed by atoms with Crippen molar-refractivity contribution in [3.8, 4) is 0 Å². The zero-order chi connectivity index (χ0) is 13.5. The molecule has 1 rings (SSSR count). The van der Waals surface area contributed by atoms with E-state index in [0.717, 1.165) is 42.5 Å². The summed E-state index contributed by atoms with van der Waals surface area (Å²) < 4.78 is 2.97. The van der Waals surface area contributed by atoms with Crippen molar-refractivity contribution in [1.82, 2.24) is 9.47 Å². The number of aromatic nitrogens is 1. The summed E-state index contributed by atoms with van der Waals surface area (Å²) in [7, 11) is 1.85. The lowest BCUT2D eigenvalue weighted by molar-refractivity contribution is 0.0783. The van der Waals surface area contributed by atoms with E-state index in [1.54, 1.807) is 4.90 Å². The second-order valence-electron chi connectivity index (χ2n) is 4.39. The molecule has 0 spiro atoms. The van der Waals surface area contributed by atoms with Crippen LogP contribution in [0.15, 0.2) is 29.4 Å². The van der Waals surface area contributed by atoms with E-state index in [9.17, 15) is 4.79 Å². The Morgan fingerprint density at radius 2 is 2.33 bits per heavy atom. The van der Waals surface area contributed by atoms with E-state index in [2.05, 4.69) is 29.4 Å².